The van der Waals surface area contributed by atoms with E-state index in [4.69, 9.17) is 4.74 Å². The minimum atomic E-state index is -3.61. The van der Waals surface area contributed by atoms with E-state index in [9.17, 15) is 18.5 Å². The van der Waals surface area contributed by atoms with Crippen molar-refractivity contribution >= 4 is 32.1 Å². The summed E-state index contributed by atoms with van der Waals surface area (Å²) in [5, 5.41) is 13.0. The summed E-state index contributed by atoms with van der Waals surface area (Å²) in [4.78, 5) is 16.1. The van der Waals surface area contributed by atoms with Gasteiger partial charge in [0, 0.05) is 30.9 Å². The lowest BCUT2D eigenvalue weighted by atomic mass is 10.0. The normalized spacial score (nSPS) is 13.6. The number of rotatable bonds is 8. The number of nitrogens with zero attached hydrogens (tertiary/aromatic N) is 2. The predicted octanol–water partition coefficient (Wildman–Crippen LogP) is 3.99. The van der Waals surface area contributed by atoms with Gasteiger partial charge in [0.1, 0.15) is 16.8 Å². The third-order valence-corrected chi connectivity index (χ3v) is 8.63. The molecule has 1 aromatic heterocycles. The van der Waals surface area contributed by atoms with Crippen molar-refractivity contribution < 1.29 is 17.9 Å². The van der Waals surface area contributed by atoms with E-state index in [0.29, 0.717) is 22.9 Å². The highest BCUT2D eigenvalue weighted by atomic mass is 32.2. The van der Waals surface area contributed by atoms with Crippen LogP contribution in [-0.2, 0) is 34.1 Å². The highest BCUT2D eigenvalue weighted by Crippen LogP contribution is 2.37. The van der Waals surface area contributed by atoms with Crippen molar-refractivity contribution in [2.24, 2.45) is 0 Å². The van der Waals surface area contributed by atoms with E-state index in [-0.39, 0.29) is 17.1 Å². The minimum absolute atomic E-state index is 0.143. The topological polar surface area (TPSA) is 99.5 Å². The highest BCUT2D eigenvalue weighted by Gasteiger charge is 2.26. The molecule has 1 amide bonds. The molecule has 0 unspecified atom stereocenters. The molecule has 9 heteroatoms. The standard InChI is InChI=1S/C25H25N3O4S2/c1-32-19-7-9-20(10-8-19)34(30,31)14-12-24(29)27-25-22(15-26)21-11-13-28(17-23(21)33-25)16-18-5-3-2-4-6-18/h2-10H,11-14,16-17H2,1H3,(H,27,29). The summed E-state index contributed by atoms with van der Waals surface area (Å²) in [6, 6.07) is 18.5. The number of thiophene rings is 1. The number of nitrogens with one attached hydrogen (secondary N) is 1. The van der Waals surface area contributed by atoms with Gasteiger partial charge >= 0.3 is 0 Å². The van der Waals surface area contributed by atoms with E-state index >= 15 is 0 Å². The van der Waals surface area contributed by atoms with Crippen LogP contribution in [0, 0.1) is 11.3 Å². The molecule has 0 spiro atoms. The van der Waals surface area contributed by atoms with E-state index in [1.54, 1.807) is 12.1 Å². The average molecular weight is 496 g/mol. The van der Waals surface area contributed by atoms with Gasteiger partial charge < -0.3 is 10.1 Å². The maximum Gasteiger partial charge on any atom is 0.226 e. The number of nitriles is 1. The SMILES string of the molecule is COc1ccc(S(=O)(=O)CCC(=O)Nc2sc3c(c2C#N)CCN(Cc2ccccc2)C3)cc1. The Morgan fingerprint density at radius 2 is 1.91 bits per heavy atom. The van der Waals surface area contributed by atoms with E-state index in [1.165, 1.54) is 36.1 Å². The summed E-state index contributed by atoms with van der Waals surface area (Å²) in [5.41, 5.74) is 2.71. The zero-order valence-electron chi connectivity index (χ0n) is 18.8. The maximum absolute atomic E-state index is 12.6. The van der Waals surface area contributed by atoms with Gasteiger partial charge in [0.05, 0.1) is 23.3 Å². The van der Waals surface area contributed by atoms with Gasteiger partial charge in [-0.3, -0.25) is 9.69 Å². The van der Waals surface area contributed by atoms with Crippen molar-refractivity contribution in [3.05, 3.63) is 76.2 Å². The zero-order valence-corrected chi connectivity index (χ0v) is 20.4. The Bertz CT molecular complexity index is 1310. The number of hydrogen-bond donors (Lipinski definition) is 1. The third kappa shape index (κ3) is 5.47. The Morgan fingerprint density at radius 3 is 2.59 bits per heavy atom. The Morgan fingerprint density at radius 1 is 1.18 bits per heavy atom. The lowest BCUT2D eigenvalue weighted by Gasteiger charge is -2.26. The lowest BCUT2D eigenvalue weighted by Crippen LogP contribution is -2.29. The van der Waals surface area contributed by atoms with Crippen LogP contribution >= 0.6 is 11.3 Å². The second kappa shape index (κ2) is 10.4. The van der Waals surface area contributed by atoms with Crippen LogP contribution in [0.15, 0.2) is 59.5 Å². The predicted molar refractivity (Wildman–Crippen MR) is 132 cm³/mol. The van der Waals surface area contributed by atoms with Crippen LogP contribution in [0.5, 0.6) is 5.75 Å². The molecule has 0 radical (unpaired) electrons. The van der Waals surface area contributed by atoms with Gasteiger partial charge in [-0.05, 0) is 41.8 Å². The van der Waals surface area contributed by atoms with Crippen molar-refractivity contribution in [3.8, 4) is 11.8 Å². The first kappa shape index (κ1) is 24.0. The van der Waals surface area contributed by atoms with Crippen molar-refractivity contribution in [3.63, 3.8) is 0 Å². The van der Waals surface area contributed by atoms with Crippen LogP contribution in [-0.4, -0.2) is 38.6 Å². The molecule has 0 aliphatic carbocycles. The van der Waals surface area contributed by atoms with Crippen LogP contribution in [0.1, 0.15) is 28.0 Å². The fraction of sp³-hybridized carbons (Fsp3) is 0.280. The third-order valence-electron chi connectivity index (χ3n) is 5.77. The van der Waals surface area contributed by atoms with Gasteiger partial charge in [-0.2, -0.15) is 5.26 Å². The van der Waals surface area contributed by atoms with Gasteiger partial charge in [-0.1, -0.05) is 30.3 Å². The van der Waals surface area contributed by atoms with Crippen molar-refractivity contribution in [1.29, 1.82) is 5.26 Å². The molecule has 4 rings (SSSR count). The van der Waals surface area contributed by atoms with Crippen molar-refractivity contribution in [2.75, 3.05) is 24.7 Å². The lowest BCUT2D eigenvalue weighted by molar-refractivity contribution is -0.115. The molecule has 2 aromatic carbocycles. The molecular weight excluding hydrogens is 470 g/mol. The molecule has 0 saturated carbocycles. The number of carbonyl (C=O) groups is 1. The zero-order chi connectivity index (χ0) is 24.1. The number of fused-ring (bicyclic) bond motifs is 1. The summed E-state index contributed by atoms with van der Waals surface area (Å²) >= 11 is 1.40. The summed E-state index contributed by atoms with van der Waals surface area (Å²) in [6.07, 6.45) is 0.547. The second-order valence-electron chi connectivity index (χ2n) is 8.06. The quantitative estimate of drug-likeness (QED) is 0.507. The molecule has 1 N–H and O–H groups in total. The van der Waals surface area contributed by atoms with Crippen LogP contribution in [0.4, 0.5) is 5.00 Å². The van der Waals surface area contributed by atoms with Gasteiger partial charge in [-0.25, -0.2) is 8.42 Å². The summed E-state index contributed by atoms with van der Waals surface area (Å²) < 4.78 is 30.2. The first-order chi connectivity index (χ1) is 16.4. The van der Waals surface area contributed by atoms with Crippen LogP contribution in [0.25, 0.3) is 0 Å². The van der Waals surface area contributed by atoms with Crippen LogP contribution in [0.3, 0.4) is 0 Å². The number of sulfone groups is 1. The first-order valence-electron chi connectivity index (χ1n) is 10.9. The van der Waals surface area contributed by atoms with E-state index in [1.807, 2.05) is 18.2 Å². The van der Waals surface area contributed by atoms with E-state index in [0.717, 1.165) is 30.0 Å². The summed E-state index contributed by atoms with van der Waals surface area (Å²) in [6.45, 7) is 2.37. The van der Waals surface area contributed by atoms with Gasteiger partial charge in [0.15, 0.2) is 9.84 Å². The van der Waals surface area contributed by atoms with Crippen molar-refractivity contribution in [1.82, 2.24) is 4.90 Å². The molecule has 0 bridgehead atoms. The fourth-order valence-electron chi connectivity index (χ4n) is 3.96. The van der Waals surface area contributed by atoms with E-state index in [2.05, 4.69) is 28.4 Å². The molecule has 3 aromatic rings. The minimum Gasteiger partial charge on any atom is -0.497 e. The van der Waals surface area contributed by atoms with Gasteiger partial charge in [0.2, 0.25) is 5.91 Å². The Kier molecular flexibility index (Phi) is 7.32. The first-order valence-corrected chi connectivity index (χ1v) is 13.3. The number of benzene rings is 2. The highest BCUT2D eigenvalue weighted by molar-refractivity contribution is 7.91. The number of carbonyl (C=O) groups excluding carboxylic acids is 1. The number of anilines is 1. The summed E-state index contributed by atoms with van der Waals surface area (Å²) in [5.74, 6) is -0.179. The number of methoxy groups -OCH3 is 1. The summed E-state index contributed by atoms with van der Waals surface area (Å²) in [7, 11) is -2.11. The molecule has 7 nitrogen and oxygen atoms in total. The fourth-order valence-corrected chi connectivity index (χ4v) is 6.45. The number of amides is 1. The van der Waals surface area contributed by atoms with Crippen LogP contribution in [0.2, 0.25) is 0 Å². The molecule has 176 valence electrons. The Balaban J connectivity index is 1.40. The molecule has 1 aliphatic heterocycles. The Labute approximate surface area is 203 Å². The van der Waals surface area contributed by atoms with Crippen molar-refractivity contribution in [2.45, 2.75) is 30.8 Å². The molecule has 0 saturated heterocycles. The number of ether oxygens (including phenoxy) is 1. The molecule has 0 atom stereocenters. The molecular formula is C25H25N3O4S2. The molecule has 34 heavy (non-hydrogen) atoms. The van der Waals surface area contributed by atoms with Gasteiger partial charge in [-0.15, -0.1) is 11.3 Å². The maximum atomic E-state index is 12.6. The molecule has 2 heterocycles. The monoisotopic (exact) mass is 495 g/mol. The van der Waals surface area contributed by atoms with E-state index < -0.39 is 15.7 Å². The largest absolute Gasteiger partial charge is 0.497 e. The molecule has 1 aliphatic rings. The second-order valence-corrected chi connectivity index (χ2v) is 11.3. The average Bonchev–Trinajstić information content (AvgIpc) is 3.19. The Hall–Kier alpha value is -3.19. The smallest absolute Gasteiger partial charge is 0.226 e. The van der Waals surface area contributed by atoms with Crippen LogP contribution < -0.4 is 10.1 Å². The number of hydrogen-bond acceptors (Lipinski definition) is 7. The van der Waals surface area contributed by atoms with Gasteiger partial charge in [0.25, 0.3) is 0 Å². The molecule has 0 fully saturated rings.